The zero-order valence-corrected chi connectivity index (χ0v) is 13.4. The van der Waals surface area contributed by atoms with Gasteiger partial charge in [-0.3, -0.25) is 4.55 Å². The van der Waals surface area contributed by atoms with Crippen LogP contribution in [0.25, 0.3) is 0 Å². The molecule has 1 N–H and O–H groups in total. The first kappa shape index (κ1) is 15.1. The molecular weight excluding hydrogens is 256 g/mol. The zero-order valence-electron chi connectivity index (χ0n) is 11.6. The predicted molar refractivity (Wildman–Crippen MR) is 71.3 cm³/mol. The van der Waals surface area contributed by atoms with Crippen LogP contribution in [0, 0.1) is 0 Å². The van der Waals surface area contributed by atoms with Crippen LogP contribution < -0.4 is 0 Å². The van der Waals surface area contributed by atoms with Crippen LogP contribution in [0.15, 0.2) is 0 Å². The Kier molecular flexibility index (Phi) is 3.60. The summed E-state index contributed by atoms with van der Waals surface area (Å²) in [6, 6.07) is 0. The minimum Gasteiger partial charge on any atom is -0.414 e. The first-order valence-corrected chi connectivity index (χ1v) is 10.3. The van der Waals surface area contributed by atoms with Crippen LogP contribution in [-0.2, 0) is 14.5 Å². The smallest absolute Gasteiger partial charge is 0.270 e. The Morgan fingerprint density at radius 1 is 1.29 bits per heavy atom. The maximum atomic E-state index is 11.2. The van der Waals surface area contributed by atoms with E-state index >= 15 is 0 Å². The van der Waals surface area contributed by atoms with Crippen LogP contribution >= 0.6 is 0 Å². The summed E-state index contributed by atoms with van der Waals surface area (Å²) in [6.45, 7) is 12.3. The molecule has 1 aliphatic carbocycles. The normalized spacial score (nSPS) is 31.1. The second-order valence-electron chi connectivity index (χ2n) is 6.83. The molecule has 102 valence electrons. The molecule has 6 heteroatoms. The Hall–Kier alpha value is 0.0869. The molecule has 0 aromatic heterocycles. The molecule has 0 saturated heterocycles. The van der Waals surface area contributed by atoms with E-state index in [1.807, 2.05) is 0 Å². The first-order valence-electron chi connectivity index (χ1n) is 5.93. The maximum Gasteiger partial charge on any atom is 0.270 e. The molecule has 1 saturated carbocycles. The molecule has 0 radical (unpaired) electrons. The van der Waals surface area contributed by atoms with Crippen molar-refractivity contribution in [3.05, 3.63) is 0 Å². The molecule has 0 aromatic carbocycles. The third-order valence-electron chi connectivity index (χ3n) is 4.21. The molecular formula is C11H24O4SSi. The van der Waals surface area contributed by atoms with Crippen molar-refractivity contribution in [3.63, 3.8) is 0 Å². The van der Waals surface area contributed by atoms with Crippen molar-refractivity contribution in [3.8, 4) is 0 Å². The largest absolute Gasteiger partial charge is 0.414 e. The third-order valence-corrected chi connectivity index (χ3v) is 10.3. The highest BCUT2D eigenvalue weighted by Gasteiger charge is 2.53. The van der Waals surface area contributed by atoms with Gasteiger partial charge in [0.15, 0.2) is 8.32 Å². The lowest BCUT2D eigenvalue weighted by atomic mass is 9.83. The van der Waals surface area contributed by atoms with Crippen molar-refractivity contribution in [2.24, 2.45) is 0 Å². The maximum absolute atomic E-state index is 11.2. The standard InChI is InChI=1S/C11H24O4SSi/c1-10(2,3)17(5,6)15-9-7-11(4,8-9)16(12,13)14/h9H,7-8H2,1-6H3,(H,12,13,14). The lowest BCUT2D eigenvalue weighted by Gasteiger charge is -2.48. The highest BCUT2D eigenvalue weighted by atomic mass is 32.2. The molecule has 1 fully saturated rings. The Morgan fingerprint density at radius 3 is 2.00 bits per heavy atom. The molecule has 1 rings (SSSR count). The Bertz CT molecular complexity index is 388. The summed E-state index contributed by atoms with van der Waals surface area (Å²) < 4.78 is 36.5. The average molecular weight is 280 g/mol. The van der Waals surface area contributed by atoms with Gasteiger partial charge in [-0.05, 0) is 37.9 Å². The molecule has 0 amide bonds. The Labute approximate surface area is 106 Å². The second kappa shape index (κ2) is 4.04. The van der Waals surface area contributed by atoms with Crippen molar-refractivity contribution >= 4 is 18.4 Å². The SMILES string of the molecule is CC(C)(C)[Si](C)(C)OC1CC(C)(S(=O)(=O)O)C1. The minimum atomic E-state index is -3.95. The van der Waals surface area contributed by atoms with Gasteiger partial charge in [0.05, 0.1) is 4.75 Å². The van der Waals surface area contributed by atoms with Crippen molar-refractivity contribution in [2.75, 3.05) is 0 Å². The lowest BCUT2D eigenvalue weighted by Crippen LogP contribution is -2.56. The lowest BCUT2D eigenvalue weighted by molar-refractivity contribution is 0.0696. The second-order valence-corrected chi connectivity index (χ2v) is 13.5. The van der Waals surface area contributed by atoms with E-state index in [4.69, 9.17) is 8.98 Å². The van der Waals surface area contributed by atoms with Crippen molar-refractivity contribution in [1.82, 2.24) is 0 Å². The summed E-state index contributed by atoms with van der Waals surface area (Å²) >= 11 is 0. The monoisotopic (exact) mass is 280 g/mol. The van der Waals surface area contributed by atoms with Crippen LogP contribution in [0.1, 0.15) is 40.5 Å². The van der Waals surface area contributed by atoms with Crippen LogP contribution in [0.3, 0.4) is 0 Å². The van der Waals surface area contributed by atoms with E-state index in [-0.39, 0.29) is 11.1 Å². The number of hydrogen-bond donors (Lipinski definition) is 1. The van der Waals surface area contributed by atoms with Crippen LogP contribution in [0.5, 0.6) is 0 Å². The van der Waals surface area contributed by atoms with E-state index in [0.29, 0.717) is 12.8 Å². The topological polar surface area (TPSA) is 63.6 Å². The van der Waals surface area contributed by atoms with Crippen LogP contribution in [0.4, 0.5) is 0 Å². The van der Waals surface area contributed by atoms with E-state index in [2.05, 4.69) is 33.9 Å². The molecule has 4 nitrogen and oxygen atoms in total. The fourth-order valence-electron chi connectivity index (χ4n) is 1.79. The van der Waals surface area contributed by atoms with Crippen molar-refractivity contribution < 1.29 is 17.4 Å². The summed E-state index contributed by atoms with van der Waals surface area (Å²) in [5.41, 5.74) is 0. The molecule has 0 aromatic rings. The van der Waals surface area contributed by atoms with Crippen molar-refractivity contribution in [1.29, 1.82) is 0 Å². The average Bonchev–Trinajstić information content (AvgIpc) is 1.95. The van der Waals surface area contributed by atoms with Gasteiger partial charge in [0.1, 0.15) is 0 Å². The predicted octanol–water partition coefficient (Wildman–Crippen LogP) is 2.82. The Balaban J connectivity index is 2.62. The van der Waals surface area contributed by atoms with Crippen molar-refractivity contribution in [2.45, 2.75) is 69.5 Å². The van der Waals surface area contributed by atoms with E-state index in [9.17, 15) is 8.42 Å². The van der Waals surface area contributed by atoms with Gasteiger partial charge in [-0.1, -0.05) is 20.8 Å². The molecule has 0 atom stereocenters. The van der Waals surface area contributed by atoms with Gasteiger partial charge in [-0.25, -0.2) is 0 Å². The molecule has 17 heavy (non-hydrogen) atoms. The van der Waals surface area contributed by atoms with Gasteiger partial charge in [0.2, 0.25) is 0 Å². The zero-order chi connectivity index (χ0) is 13.7. The van der Waals surface area contributed by atoms with E-state index in [1.165, 1.54) is 0 Å². The summed E-state index contributed by atoms with van der Waals surface area (Å²) in [4.78, 5) is 0. The van der Waals surface area contributed by atoms with Gasteiger partial charge < -0.3 is 4.43 Å². The molecule has 0 unspecified atom stereocenters. The highest BCUT2D eigenvalue weighted by molar-refractivity contribution is 7.87. The van der Waals surface area contributed by atoms with E-state index < -0.39 is 23.2 Å². The molecule has 0 aliphatic heterocycles. The van der Waals surface area contributed by atoms with Crippen LogP contribution in [0.2, 0.25) is 18.1 Å². The van der Waals surface area contributed by atoms with Gasteiger partial charge >= 0.3 is 0 Å². The van der Waals surface area contributed by atoms with E-state index in [1.54, 1.807) is 6.92 Å². The van der Waals surface area contributed by atoms with Gasteiger partial charge in [0.25, 0.3) is 10.1 Å². The minimum absolute atomic E-state index is 0.0252. The number of rotatable bonds is 3. The quantitative estimate of drug-likeness (QED) is 0.638. The van der Waals surface area contributed by atoms with Gasteiger partial charge in [-0.2, -0.15) is 8.42 Å². The summed E-state index contributed by atoms with van der Waals surface area (Å²) in [7, 11) is -5.79. The molecule has 0 bridgehead atoms. The number of hydrogen-bond acceptors (Lipinski definition) is 3. The van der Waals surface area contributed by atoms with Gasteiger partial charge in [0, 0.05) is 6.10 Å². The first-order chi connectivity index (χ1) is 7.29. The third kappa shape index (κ3) is 2.92. The summed E-state index contributed by atoms with van der Waals surface area (Å²) in [5.74, 6) is 0. The fraction of sp³-hybridized carbons (Fsp3) is 1.00. The Morgan fingerprint density at radius 2 is 1.71 bits per heavy atom. The molecule has 0 heterocycles. The highest BCUT2D eigenvalue weighted by Crippen LogP contribution is 2.45. The molecule has 0 spiro atoms. The molecule has 1 aliphatic rings. The summed E-state index contributed by atoms with van der Waals surface area (Å²) in [5, 5.41) is 0.122. The van der Waals surface area contributed by atoms with E-state index in [0.717, 1.165) is 0 Å². The van der Waals surface area contributed by atoms with Gasteiger partial charge in [-0.15, -0.1) is 0 Å². The summed E-state index contributed by atoms with van der Waals surface area (Å²) in [6.07, 6.45) is 0.777. The van der Waals surface area contributed by atoms with Crippen LogP contribution in [-0.4, -0.2) is 32.1 Å². The fourth-order valence-corrected chi connectivity index (χ4v) is 3.94.